The minimum Gasteiger partial charge on any atom is -0.294 e. The van der Waals surface area contributed by atoms with Crippen molar-refractivity contribution in [2.24, 2.45) is 0 Å². The van der Waals surface area contributed by atoms with Gasteiger partial charge in [0.15, 0.2) is 24.0 Å². The largest absolute Gasteiger partial charge is 0.294 e. The lowest BCUT2D eigenvalue weighted by Gasteiger charge is -1.91. The Balaban J connectivity index is 0.000000213. The SMILES string of the molecule is CC(=O)c1sc(-c2ccc[nH+]c2)nc1C.CC(=O)c1sc(-c2cccnc2)nc1C.Cl. The molecule has 0 saturated heterocycles. The summed E-state index contributed by atoms with van der Waals surface area (Å²) in [6.45, 7) is 6.85. The van der Waals surface area contributed by atoms with Crippen molar-refractivity contribution in [3.05, 3.63) is 70.2 Å². The first-order valence-electron chi connectivity index (χ1n) is 9.20. The number of rotatable bonds is 4. The summed E-state index contributed by atoms with van der Waals surface area (Å²) in [5.41, 5.74) is 3.58. The number of hydrogen-bond acceptors (Lipinski definition) is 7. The van der Waals surface area contributed by atoms with E-state index in [-0.39, 0.29) is 24.0 Å². The molecular weight excluding hydrogens is 452 g/mol. The van der Waals surface area contributed by atoms with Gasteiger partial charge in [-0.15, -0.1) is 35.1 Å². The van der Waals surface area contributed by atoms with Crippen LogP contribution in [0.4, 0.5) is 0 Å². The van der Waals surface area contributed by atoms with Gasteiger partial charge in [-0.25, -0.2) is 15.0 Å². The number of nitrogens with one attached hydrogen (secondary N) is 1. The van der Waals surface area contributed by atoms with Crippen LogP contribution in [0.15, 0.2) is 49.1 Å². The minimum atomic E-state index is 0. The molecule has 0 aliphatic heterocycles. The number of aryl methyl sites for hydroxylation is 2. The number of pyridine rings is 2. The van der Waals surface area contributed by atoms with Crippen LogP contribution < -0.4 is 4.98 Å². The Morgan fingerprint density at radius 3 is 1.84 bits per heavy atom. The molecule has 4 heterocycles. The zero-order chi connectivity index (χ0) is 21.7. The van der Waals surface area contributed by atoms with Gasteiger partial charge in [0.05, 0.1) is 26.7 Å². The van der Waals surface area contributed by atoms with E-state index in [1.807, 2.05) is 50.5 Å². The first-order valence-corrected chi connectivity index (χ1v) is 10.8. The van der Waals surface area contributed by atoms with Gasteiger partial charge in [0.25, 0.3) is 0 Å². The van der Waals surface area contributed by atoms with Crippen molar-refractivity contribution in [2.75, 3.05) is 0 Å². The highest BCUT2D eigenvalue weighted by Gasteiger charge is 2.14. The topological polar surface area (TPSA) is 87.0 Å². The number of H-pyrrole nitrogens is 1. The predicted octanol–water partition coefficient (Wildman–Crippen LogP) is 5.27. The molecule has 0 aliphatic rings. The van der Waals surface area contributed by atoms with Gasteiger partial charge in [-0.3, -0.25) is 14.6 Å². The van der Waals surface area contributed by atoms with Crippen LogP contribution in [0.3, 0.4) is 0 Å². The molecule has 0 bridgehead atoms. The van der Waals surface area contributed by atoms with Gasteiger partial charge in [-0.1, -0.05) is 0 Å². The van der Waals surface area contributed by atoms with E-state index in [0.717, 1.165) is 42.3 Å². The molecule has 31 heavy (non-hydrogen) atoms. The fourth-order valence-electron chi connectivity index (χ4n) is 2.71. The van der Waals surface area contributed by atoms with E-state index in [1.165, 1.54) is 22.7 Å². The van der Waals surface area contributed by atoms with Gasteiger partial charge in [0.2, 0.25) is 0 Å². The van der Waals surface area contributed by atoms with Gasteiger partial charge in [-0.2, -0.15) is 0 Å². The number of thiazole rings is 2. The zero-order valence-electron chi connectivity index (χ0n) is 17.5. The lowest BCUT2D eigenvalue weighted by molar-refractivity contribution is -0.377. The van der Waals surface area contributed by atoms with Gasteiger partial charge >= 0.3 is 0 Å². The third-order valence-electron chi connectivity index (χ3n) is 4.10. The highest BCUT2D eigenvalue weighted by atomic mass is 35.5. The Labute approximate surface area is 194 Å². The van der Waals surface area contributed by atoms with Gasteiger partial charge in [0.1, 0.15) is 10.0 Å². The first-order chi connectivity index (χ1) is 14.4. The summed E-state index contributed by atoms with van der Waals surface area (Å²) in [6.07, 6.45) is 7.19. The molecule has 0 aliphatic carbocycles. The van der Waals surface area contributed by atoms with Crippen molar-refractivity contribution < 1.29 is 14.6 Å². The predicted molar refractivity (Wildman–Crippen MR) is 126 cm³/mol. The molecule has 0 amide bonds. The van der Waals surface area contributed by atoms with Gasteiger partial charge < -0.3 is 0 Å². The van der Waals surface area contributed by atoms with Crippen LogP contribution in [0.25, 0.3) is 21.1 Å². The Morgan fingerprint density at radius 1 is 0.871 bits per heavy atom. The highest BCUT2D eigenvalue weighted by Crippen LogP contribution is 2.28. The molecule has 4 rings (SSSR count). The fraction of sp³-hybridized carbons (Fsp3) is 0.182. The Kier molecular flexibility index (Phi) is 8.67. The Morgan fingerprint density at radius 2 is 1.42 bits per heavy atom. The molecular formula is C22H22ClN4O2S2+. The number of aromatic amines is 1. The van der Waals surface area contributed by atoms with Crippen LogP contribution in [-0.2, 0) is 0 Å². The van der Waals surface area contributed by atoms with E-state index < -0.39 is 0 Å². The van der Waals surface area contributed by atoms with Crippen molar-refractivity contribution in [1.29, 1.82) is 0 Å². The molecule has 0 aromatic carbocycles. The van der Waals surface area contributed by atoms with Gasteiger partial charge in [-0.05, 0) is 32.0 Å². The summed E-state index contributed by atoms with van der Waals surface area (Å²) < 4.78 is 0. The number of carbonyl (C=O) groups excluding carboxylic acids is 2. The summed E-state index contributed by atoms with van der Waals surface area (Å²) in [4.78, 5) is 39.8. The first kappa shape index (κ1) is 24.5. The second-order valence-corrected chi connectivity index (χ2v) is 8.51. The minimum absolute atomic E-state index is 0. The molecule has 0 spiro atoms. The maximum atomic E-state index is 11.3. The van der Waals surface area contributed by atoms with Crippen molar-refractivity contribution in [3.8, 4) is 21.1 Å². The fourth-order valence-corrected chi connectivity index (χ4v) is 4.62. The molecule has 0 unspecified atom stereocenters. The molecule has 6 nitrogen and oxygen atoms in total. The number of nitrogens with zero attached hydrogens (tertiary/aromatic N) is 3. The van der Waals surface area contributed by atoms with E-state index in [9.17, 15) is 9.59 Å². The summed E-state index contributed by atoms with van der Waals surface area (Å²) >= 11 is 2.86. The summed E-state index contributed by atoms with van der Waals surface area (Å²) in [7, 11) is 0. The van der Waals surface area contributed by atoms with E-state index in [2.05, 4.69) is 19.9 Å². The molecule has 9 heteroatoms. The van der Waals surface area contributed by atoms with Crippen molar-refractivity contribution >= 4 is 46.6 Å². The molecule has 0 fully saturated rings. The van der Waals surface area contributed by atoms with Crippen LogP contribution in [0.5, 0.6) is 0 Å². The number of carbonyl (C=O) groups is 2. The number of aromatic nitrogens is 4. The number of ketones is 2. The van der Waals surface area contributed by atoms with Crippen molar-refractivity contribution in [2.45, 2.75) is 27.7 Å². The average Bonchev–Trinajstić information content (AvgIpc) is 3.33. The summed E-state index contributed by atoms with van der Waals surface area (Å²) in [5, 5.41) is 1.74. The average molecular weight is 474 g/mol. The number of Topliss-reactive ketones (excluding diaryl/α,β-unsaturated/α-hetero) is 2. The van der Waals surface area contributed by atoms with Crippen LogP contribution in [0.1, 0.15) is 44.6 Å². The zero-order valence-corrected chi connectivity index (χ0v) is 20.0. The maximum absolute atomic E-state index is 11.3. The van der Waals surface area contributed by atoms with Gasteiger partial charge in [0, 0.05) is 37.9 Å². The Bertz CT molecular complexity index is 1080. The lowest BCUT2D eigenvalue weighted by atomic mass is 10.3. The smallest absolute Gasteiger partial charge is 0.177 e. The lowest BCUT2D eigenvalue weighted by Crippen LogP contribution is -1.97. The van der Waals surface area contributed by atoms with E-state index >= 15 is 0 Å². The monoisotopic (exact) mass is 473 g/mol. The third kappa shape index (κ3) is 6.10. The molecule has 1 N–H and O–H groups in total. The summed E-state index contributed by atoms with van der Waals surface area (Å²) in [6, 6.07) is 7.69. The van der Waals surface area contributed by atoms with E-state index in [0.29, 0.717) is 0 Å². The normalized spacial score (nSPS) is 9.94. The number of halogens is 1. The molecule has 160 valence electrons. The molecule has 0 saturated carbocycles. The second kappa shape index (κ2) is 11.0. The number of hydrogen-bond donors (Lipinski definition) is 0. The second-order valence-electron chi connectivity index (χ2n) is 6.51. The molecule has 0 radical (unpaired) electrons. The van der Waals surface area contributed by atoms with Crippen LogP contribution in [-0.4, -0.2) is 26.5 Å². The molecule has 4 aromatic heterocycles. The van der Waals surface area contributed by atoms with Crippen LogP contribution in [0, 0.1) is 13.8 Å². The van der Waals surface area contributed by atoms with E-state index in [4.69, 9.17) is 0 Å². The molecule has 0 atom stereocenters. The van der Waals surface area contributed by atoms with Crippen molar-refractivity contribution in [3.63, 3.8) is 0 Å². The van der Waals surface area contributed by atoms with E-state index in [1.54, 1.807) is 26.2 Å². The third-order valence-corrected chi connectivity index (χ3v) is 6.71. The van der Waals surface area contributed by atoms with Crippen molar-refractivity contribution in [1.82, 2.24) is 15.0 Å². The Hall–Kier alpha value is -2.81. The summed E-state index contributed by atoms with van der Waals surface area (Å²) in [5.74, 6) is 0.149. The van der Waals surface area contributed by atoms with Crippen LogP contribution >= 0.6 is 35.1 Å². The highest BCUT2D eigenvalue weighted by molar-refractivity contribution is 7.17. The van der Waals surface area contributed by atoms with Crippen LogP contribution in [0.2, 0.25) is 0 Å². The standard InChI is InChI=1S/2C11H10N2OS.ClH/c2*1-7-10(8(2)14)15-11(13-7)9-4-3-5-12-6-9;/h2*3-6H,1-2H3;1H/p+1. The maximum Gasteiger partial charge on any atom is 0.177 e. The molecule has 4 aromatic rings. The quantitative estimate of drug-likeness (QED) is 0.376.